The van der Waals surface area contributed by atoms with Gasteiger partial charge in [-0.25, -0.2) is 0 Å². The number of carbonyl (C=O) groups is 1. The van der Waals surface area contributed by atoms with E-state index in [2.05, 4.69) is 79.9 Å². The average molecular weight is 1360 g/mol. The molecule has 0 radical (unpaired) electrons. The van der Waals surface area contributed by atoms with Crippen molar-refractivity contribution in [3.8, 4) is 0 Å². The molecule has 0 bridgehead atoms. The lowest BCUT2D eigenvalue weighted by molar-refractivity contribution is -0.379. The number of hydrogen-bond acceptors (Lipinski definition) is 18. The van der Waals surface area contributed by atoms with Crippen LogP contribution in [0.5, 0.6) is 0 Å². The fraction of sp³-hybridized carbons (Fsp3) is 0.805. The van der Waals surface area contributed by atoms with Crippen molar-refractivity contribution in [1.82, 2.24) is 5.32 Å². The number of aliphatic hydroxyl groups excluding tert-OH is 11. The Kier molecular flexibility index (Phi) is 52.3. The van der Waals surface area contributed by atoms with Crippen molar-refractivity contribution in [1.29, 1.82) is 0 Å². The van der Waals surface area contributed by atoms with Gasteiger partial charge in [-0.3, -0.25) is 4.79 Å². The maximum Gasteiger partial charge on any atom is 0.220 e. The van der Waals surface area contributed by atoms with E-state index in [1.54, 1.807) is 6.08 Å². The molecule has 12 N–H and O–H groups in total. The van der Waals surface area contributed by atoms with Gasteiger partial charge in [0.05, 0.1) is 38.6 Å². The molecule has 556 valence electrons. The normalized spacial score (nSPS) is 27.5. The molecule has 3 aliphatic heterocycles. The van der Waals surface area contributed by atoms with Crippen molar-refractivity contribution in [3.63, 3.8) is 0 Å². The summed E-state index contributed by atoms with van der Waals surface area (Å²) in [6, 6.07) is -1.02. The first-order chi connectivity index (χ1) is 46.8. The van der Waals surface area contributed by atoms with Crippen LogP contribution in [0.1, 0.15) is 264 Å². The van der Waals surface area contributed by atoms with Crippen molar-refractivity contribution in [3.05, 3.63) is 85.1 Å². The molecule has 96 heavy (non-hydrogen) atoms. The fourth-order valence-electron chi connectivity index (χ4n) is 12.4. The molecule has 19 heteroatoms. The van der Waals surface area contributed by atoms with Crippen LogP contribution in [0.2, 0.25) is 0 Å². The van der Waals surface area contributed by atoms with E-state index in [4.69, 9.17) is 28.4 Å². The quantitative estimate of drug-likeness (QED) is 0.0199. The summed E-state index contributed by atoms with van der Waals surface area (Å²) in [7, 11) is 0. The molecule has 3 saturated heterocycles. The molecule has 0 aliphatic carbocycles. The molecule has 0 aromatic heterocycles. The minimum atomic E-state index is -1.99. The van der Waals surface area contributed by atoms with Gasteiger partial charge in [0.25, 0.3) is 0 Å². The SMILES string of the molecule is CC/C=C\C/C=C\C/C=C\C/C=C\C/C=C\C/C=C\CCC(=O)NC(COC1OC(CO)C(OC2OC(CO)C(OC3OC(CO)C(O)C(O)C3O)C(O)C2O)C(O)C1O)C(O)/C=C/CCCCCCCCCCCCCCCCCCCCCCCCCCCCCCCC. The predicted molar refractivity (Wildman–Crippen MR) is 378 cm³/mol. The minimum absolute atomic E-state index is 0.114. The van der Waals surface area contributed by atoms with Crippen molar-refractivity contribution in [2.75, 3.05) is 26.4 Å². The van der Waals surface area contributed by atoms with E-state index >= 15 is 0 Å². The van der Waals surface area contributed by atoms with Gasteiger partial charge in [-0.15, -0.1) is 0 Å². The number of ether oxygens (including phenoxy) is 6. The van der Waals surface area contributed by atoms with E-state index in [-0.39, 0.29) is 18.9 Å². The zero-order valence-corrected chi connectivity index (χ0v) is 59.1. The monoisotopic (exact) mass is 1360 g/mol. The highest BCUT2D eigenvalue weighted by Crippen LogP contribution is 2.33. The van der Waals surface area contributed by atoms with Gasteiger partial charge < -0.3 is 89.9 Å². The average Bonchev–Trinajstić information content (AvgIpc) is 0.798. The van der Waals surface area contributed by atoms with E-state index < -0.39 is 124 Å². The lowest BCUT2D eigenvalue weighted by atomic mass is 9.96. The third kappa shape index (κ3) is 38.1. The van der Waals surface area contributed by atoms with Gasteiger partial charge in [0, 0.05) is 6.42 Å². The molecule has 19 nitrogen and oxygen atoms in total. The Bertz CT molecular complexity index is 2070. The number of nitrogens with one attached hydrogen (secondary N) is 1. The van der Waals surface area contributed by atoms with Crippen LogP contribution in [-0.2, 0) is 33.2 Å². The fourth-order valence-corrected chi connectivity index (χ4v) is 12.4. The standard InChI is InChI=1S/C77H135NO18/c1-3-5-7-9-11-13-15-17-19-21-23-24-25-26-27-28-29-30-31-32-33-34-35-37-38-40-42-44-46-48-50-52-54-61(82)60(78-65(83)55-53-51-49-47-45-43-41-39-36-22-20-18-16-14-12-10-8-6-4-2)59-91-75-71(89)68(86)73(63(57-80)93-75)96-77-72(90)69(87)74(64(58-81)94-77)95-76-70(88)67(85)66(84)62(56-79)92-76/h6,8,12,14,18,20,36,39,43,45,49,51-52,54,60-64,66-77,79-82,84-90H,3-5,7,9-11,13,15-17,19,21-35,37-38,40-42,44,46-48,50,53,55-59H2,1-2H3,(H,78,83)/b8-6-,14-12-,20-18-,39-36-,45-43-,51-49-,54-52+. The molecule has 17 atom stereocenters. The highest BCUT2D eigenvalue weighted by Gasteiger charge is 2.53. The Balaban J connectivity index is 1.40. The topological polar surface area (TPSA) is 307 Å². The van der Waals surface area contributed by atoms with Crippen LogP contribution in [0.25, 0.3) is 0 Å². The lowest BCUT2D eigenvalue weighted by Gasteiger charge is -2.48. The highest BCUT2D eigenvalue weighted by atomic mass is 16.8. The molecular formula is C77H135NO18. The maximum absolute atomic E-state index is 13.4. The Morgan fingerprint density at radius 1 is 0.385 bits per heavy atom. The largest absolute Gasteiger partial charge is 0.394 e. The van der Waals surface area contributed by atoms with Gasteiger partial charge in [0.1, 0.15) is 73.2 Å². The Morgan fingerprint density at radius 2 is 0.719 bits per heavy atom. The minimum Gasteiger partial charge on any atom is -0.394 e. The van der Waals surface area contributed by atoms with E-state index in [0.29, 0.717) is 12.8 Å². The second kappa shape index (κ2) is 57.6. The van der Waals surface area contributed by atoms with Crippen molar-refractivity contribution in [2.24, 2.45) is 0 Å². The number of allylic oxidation sites excluding steroid dienone is 13. The summed E-state index contributed by atoms with van der Waals surface area (Å²) in [6.07, 6.45) is 48.8. The first-order valence-corrected chi connectivity index (χ1v) is 37.8. The van der Waals surface area contributed by atoms with E-state index in [1.165, 1.54) is 173 Å². The highest BCUT2D eigenvalue weighted by molar-refractivity contribution is 5.76. The number of amides is 1. The number of hydrogen-bond donors (Lipinski definition) is 12. The molecule has 3 heterocycles. The third-order valence-electron chi connectivity index (χ3n) is 18.5. The van der Waals surface area contributed by atoms with Gasteiger partial charge in [0.15, 0.2) is 18.9 Å². The van der Waals surface area contributed by atoms with Crippen LogP contribution in [0.3, 0.4) is 0 Å². The summed E-state index contributed by atoms with van der Waals surface area (Å²) in [4.78, 5) is 13.4. The number of carbonyl (C=O) groups excluding carboxylic acids is 1. The third-order valence-corrected chi connectivity index (χ3v) is 18.5. The van der Waals surface area contributed by atoms with Crippen LogP contribution < -0.4 is 5.32 Å². The molecule has 3 rings (SSSR count). The van der Waals surface area contributed by atoms with Crippen molar-refractivity contribution < 1.29 is 89.4 Å². The number of unbranched alkanes of at least 4 members (excludes halogenated alkanes) is 30. The second-order valence-electron chi connectivity index (χ2n) is 26.7. The molecule has 0 saturated carbocycles. The van der Waals surface area contributed by atoms with Crippen LogP contribution in [0, 0.1) is 0 Å². The Hall–Kier alpha value is -3.03. The lowest BCUT2D eigenvalue weighted by Crippen LogP contribution is -2.66. The molecular weight excluding hydrogens is 1230 g/mol. The number of rotatable bonds is 58. The van der Waals surface area contributed by atoms with Crippen molar-refractivity contribution >= 4 is 5.91 Å². The van der Waals surface area contributed by atoms with Gasteiger partial charge in [-0.2, -0.15) is 0 Å². The summed E-state index contributed by atoms with van der Waals surface area (Å²) in [5, 5.41) is 121. The maximum atomic E-state index is 13.4. The molecule has 0 aromatic carbocycles. The molecule has 17 unspecified atom stereocenters. The number of aliphatic hydroxyl groups is 11. The summed E-state index contributed by atoms with van der Waals surface area (Å²) in [5.41, 5.74) is 0. The summed E-state index contributed by atoms with van der Waals surface area (Å²) < 4.78 is 34.3. The van der Waals surface area contributed by atoms with E-state index in [1.807, 2.05) is 18.2 Å². The smallest absolute Gasteiger partial charge is 0.220 e. The molecule has 3 aliphatic rings. The molecule has 0 spiro atoms. The predicted octanol–water partition coefficient (Wildman–Crippen LogP) is 11.4. The van der Waals surface area contributed by atoms with Crippen LogP contribution in [-0.4, -0.2) is 193 Å². The van der Waals surface area contributed by atoms with Crippen molar-refractivity contribution in [2.45, 2.75) is 369 Å². The first kappa shape index (κ1) is 87.2. The zero-order valence-electron chi connectivity index (χ0n) is 59.1. The van der Waals surface area contributed by atoms with Gasteiger partial charge in [0.2, 0.25) is 5.91 Å². The van der Waals surface area contributed by atoms with E-state index in [0.717, 1.165) is 57.8 Å². The van der Waals surface area contributed by atoms with Gasteiger partial charge in [-0.1, -0.05) is 285 Å². The Labute approximate surface area is 578 Å². The Morgan fingerprint density at radius 3 is 1.10 bits per heavy atom. The summed E-state index contributed by atoms with van der Waals surface area (Å²) in [5.74, 6) is -0.358. The second-order valence-corrected chi connectivity index (χ2v) is 26.7. The van der Waals surface area contributed by atoms with E-state index in [9.17, 15) is 61.0 Å². The van der Waals surface area contributed by atoms with Gasteiger partial charge in [-0.05, 0) is 57.8 Å². The summed E-state index contributed by atoms with van der Waals surface area (Å²) in [6.45, 7) is 1.58. The van der Waals surface area contributed by atoms with Gasteiger partial charge >= 0.3 is 0 Å². The molecule has 3 fully saturated rings. The van der Waals surface area contributed by atoms with Crippen LogP contribution in [0.15, 0.2) is 85.1 Å². The zero-order chi connectivity index (χ0) is 69.6. The molecule has 1 amide bonds. The molecule has 0 aromatic rings. The van der Waals surface area contributed by atoms with Crippen LogP contribution >= 0.6 is 0 Å². The van der Waals surface area contributed by atoms with Crippen LogP contribution in [0.4, 0.5) is 0 Å². The summed E-state index contributed by atoms with van der Waals surface area (Å²) >= 11 is 0. The first-order valence-electron chi connectivity index (χ1n) is 37.8.